The summed E-state index contributed by atoms with van der Waals surface area (Å²) in [4.78, 5) is 27.9. The number of benzene rings is 1. The van der Waals surface area contributed by atoms with Gasteiger partial charge in [-0.15, -0.1) is 11.8 Å². The van der Waals surface area contributed by atoms with E-state index in [1.165, 1.54) is 11.8 Å². The molecule has 0 bridgehead atoms. The van der Waals surface area contributed by atoms with Gasteiger partial charge in [0, 0.05) is 22.9 Å². The van der Waals surface area contributed by atoms with Gasteiger partial charge < -0.3 is 15.2 Å². The van der Waals surface area contributed by atoms with Crippen molar-refractivity contribution in [1.29, 1.82) is 0 Å². The molecule has 2 aliphatic rings. The van der Waals surface area contributed by atoms with Gasteiger partial charge in [0.05, 0.1) is 5.75 Å². The van der Waals surface area contributed by atoms with E-state index in [9.17, 15) is 9.59 Å². The van der Waals surface area contributed by atoms with E-state index in [0.717, 1.165) is 18.4 Å². The Hall–Kier alpha value is -2.35. The van der Waals surface area contributed by atoms with E-state index in [-0.39, 0.29) is 11.8 Å². The van der Waals surface area contributed by atoms with Crippen LogP contribution in [-0.2, 0) is 9.59 Å². The van der Waals surface area contributed by atoms with E-state index >= 15 is 0 Å². The second-order valence-electron chi connectivity index (χ2n) is 5.93. The van der Waals surface area contributed by atoms with Crippen LogP contribution in [-0.4, -0.2) is 39.5 Å². The van der Waals surface area contributed by atoms with Crippen molar-refractivity contribution in [1.82, 2.24) is 15.5 Å². The van der Waals surface area contributed by atoms with Crippen molar-refractivity contribution in [2.24, 2.45) is 0 Å². The van der Waals surface area contributed by atoms with E-state index in [1.807, 2.05) is 12.1 Å². The fourth-order valence-electron chi connectivity index (χ4n) is 2.47. The van der Waals surface area contributed by atoms with E-state index in [4.69, 9.17) is 4.52 Å². The molecule has 8 heteroatoms. The summed E-state index contributed by atoms with van der Waals surface area (Å²) in [5, 5.41) is 9.50. The molecule has 2 aromatic rings. The summed E-state index contributed by atoms with van der Waals surface area (Å²) >= 11 is 1.46. The summed E-state index contributed by atoms with van der Waals surface area (Å²) in [6.45, 7) is 0. The summed E-state index contributed by atoms with van der Waals surface area (Å²) in [5.74, 6) is 2.37. The first kappa shape index (κ1) is 15.2. The maximum Gasteiger partial charge on any atom is 0.247 e. The van der Waals surface area contributed by atoms with Gasteiger partial charge in [-0.25, -0.2) is 0 Å². The highest BCUT2D eigenvalue weighted by atomic mass is 32.2. The van der Waals surface area contributed by atoms with Gasteiger partial charge in [0.1, 0.15) is 6.04 Å². The second-order valence-corrected chi connectivity index (χ2v) is 6.96. The van der Waals surface area contributed by atoms with Crippen LogP contribution in [0.3, 0.4) is 0 Å². The molecule has 124 valence electrons. The number of hydrogen-bond acceptors (Lipinski definition) is 6. The molecule has 1 saturated carbocycles. The van der Waals surface area contributed by atoms with Crippen molar-refractivity contribution in [2.75, 3.05) is 16.8 Å². The van der Waals surface area contributed by atoms with Gasteiger partial charge in [0.15, 0.2) is 0 Å². The molecular weight excluding hydrogens is 328 g/mol. The summed E-state index contributed by atoms with van der Waals surface area (Å²) < 4.78 is 5.25. The van der Waals surface area contributed by atoms with Crippen LogP contribution < -0.4 is 10.6 Å². The predicted molar refractivity (Wildman–Crippen MR) is 89.6 cm³/mol. The lowest BCUT2D eigenvalue weighted by molar-refractivity contribution is -0.124. The number of nitrogens with one attached hydrogen (secondary N) is 2. The number of thioether (sulfide) groups is 1. The lowest BCUT2D eigenvalue weighted by atomic mass is 10.2. The Kier molecular flexibility index (Phi) is 3.97. The number of anilines is 1. The molecule has 2 fully saturated rings. The van der Waals surface area contributed by atoms with E-state index in [0.29, 0.717) is 34.8 Å². The highest BCUT2D eigenvalue weighted by molar-refractivity contribution is 8.00. The zero-order valence-electron chi connectivity index (χ0n) is 12.8. The second kappa shape index (κ2) is 6.27. The number of hydrogen-bond donors (Lipinski definition) is 2. The maximum absolute atomic E-state index is 12.2. The van der Waals surface area contributed by atoms with Crippen LogP contribution in [0.15, 0.2) is 28.8 Å². The van der Waals surface area contributed by atoms with Gasteiger partial charge in [-0.1, -0.05) is 5.16 Å². The van der Waals surface area contributed by atoms with Gasteiger partial charge in [-0.3, -0.25) is 9.59 Å². The monoisotopic (exact) mass is 344 g/mol. The van der Waals surface area contributed by atoms with Crippen molar-refractivity contribution in [2.45, 2.75) is 24.8 Å². The number of carbonyl (C=O) groups excluding carboxylic acids is 2. The molecule has 2 heterocycles. The molecular formula is C16H16N4O3S. The SMILES string of the molecule is O=C1CSC[C@@H](C(=O)Nc2ccc(-c3noc(C4CC4)n3)cc2)N1. The number of amides is 2. The smallest absolute Gasteiger partial charge is 0.247 e. The topological polar surface area (TPSA) is 97.1 Å². The van der Waals surface area contributed by atoms with Crippen molar-refractivity contribution in [3.05, 3.63) is 30.2 Å². The first-order chi connectivity index (χ1) is 11.7. The summed E-state index contributed by atoms with van der Waals surface area (Å²) in [7, 11) is 0. The number of carbonyl (C=O) groups is 2. The van der Waals surface area contributed by atoms with E-state index in [1.54, 1.807) is 12.1 Å². The molecule has 2 amide bonds. The third kappa shape index (κ3) is 3.28. The van der Waals surface area contributed by atoms with Crippen molar-refractivity contribution in [3.63, 3.8) is 0 Å². The van der Waals surface area contributed by atoms with Crippen LogP contribution in [0.2, 0.25) is 0 Å². The summed E-state index contributed by atoms with van der Waals surface area (Å²) in [6, 6.07) is 6.77. The lowest BCUT2D eigenvalue weighted by Gasteiger charge is -2.22. The zero-order chi connectivity index (χ0) is 16.5. The number of nitrogens with zero attached hydrogens (tertiary/aromatic N) is 2. The molecule has 7 nitrogen and oxygen atoms in total. The summed E-state index contributed by atoms with van der Waals surface area (Å²) in [5.41, 5.74) is 1.50. The molecule has 4 rings (SSSR count). The zero-order valence-corrected chi connectivity index (χ0v) is 13.6. The Balaban J connectivity index is 1.41. The highest BCUT2D eigenvalue weighted by Gasteiger charge is 2.29. The molecule has 2 N–H and O–H groups in total. The highest BCUT2D eigenvalue weighted by Crippen LogP contribution is 2.39. The molecule has 24 heavy (non-hydrogen) atoms. The van der Waals surface area contributed by atoms with Gasteiger partial charge in [0.25, 0.3) is 0 Å². The molecule has 1 aromatic carbocycles. The Morgan fingerprint density at radius 3 is 2.79 bits per heavy atom. The Labute approximate surface area is 142 Å². The fraction of sp³-hybridized carbons (Fsp3) is 0.375. The first-order valence-electron chi connectivity index (χ1n) is 7.81. The average Bonchev–Trinajstić information content (AvgIpc) is 3.33. The van der Waals surface area contributed by atoms with E-state index in [2.05, 4.69) is 20.8 Å². The van der Waals surface area contributed by atoms with Gasteiger partial charge >= 0.3 is 0 Å². The standard InChI is InChI=1S/C16H16N4O3S/c21-13-8-24-7-12(18-13)15(22)17-11-5-3-9(4-6-11)14-19-16(23-20-14)10-1-2-10/h3-6,10,12H,1-2,7-8H2,(H,17,22)(H,18,21)/t12-/m0/s1. The molecule has 1 aliphatic carbocycles. The minimum Gasteiger partial charge on any atom is -0.343 e. The third-order valence-electron chi connectivity index (χ3n) is 3.95. The first-order valence-corrected chi connectivity index (χ1v) is 8.96. The fourth-order valence-corrected chi connectivity index (χ4v) is 3.33. The predicted octanol–water partition coefficient (Wildman–Crippen LogP) is 1.78. The van der Waals surface area contributed by atoms with Gasteiger partial charge in [-0.2, -0.15) is 4.98 Å². The minimum absolute atomic E-state index is 0.106. The largest absolute Gasteiger partial charge is 0.343 e. The van der Waals surface area contributed by atoms with Crippen LogP contribution in [0.4, 0.5) is 5.69 Å². The van der Waals surface area contributed by atoms with Gasteiger partial charge in [-0.05, 0) is 37.1 Å². The van der Waals surface area contributed by atoms with Crippen LogP contribution >= 0.6 is 11.8 Å². The molecule has 1 aliphatic heterocycles. The lowest BCUT2D eigenvalue weighted by Crippen LogP contribution is -2.49. The average molecular weight is 344 g/mol. The molecule has 1 atom stereocenters. The molecule has 1 aromatic heterocycles. The maximum atomic E-state index is 12.2. The Morgan fingerprint density at radius 2 is 2.08 bits per heavy atom. The quantitative estimate of drug-likeness (QED) is 0.877. The van der Waals surface area contributed by atoms with Crippen molar-refractivity contribution in [3.8, 4) is 11.4 Å². The summed E-state index contributed by atoms with van der Waals surface area (Å²) in [6.07, 6.45) is 2.23. The van der Waals surface area contributed by atoms with Crippen molar-refractivity contribution < 1.29 is 14.1 Å². The molecule has 0 radical (unpaired) electrons. The Morgan fingerprint density at radius 1 is 1.29 bits per heavy atom. The Bertz CT molecular complexity index is 770. The van der Waals surface area contributed by atoms with Crippen LogP contribution in [0.25, 0.3) is 11.4 Å². The minimum atomic E-state index is -0.491. The molecule has 0 spiro atoms. The third-order valence-corrected chi connectivity index (χ3v) is 4.98. The van der Waals surface area contributed by atoms with Crippen LogP contribution in [0.5, 0.6) is 0 Å². The van der Waals surface area contributed by atoms with Crippen molar-refractivity contribution >= 4 is 29.3 Å². The number of rotatable bonds is 4. The molecule has 1 saturated heterocycles. The van der Waals surface area contributed by atoms with E-state index < -0.39 is 6.04 Å². The normalized spacial score (nSPS) is 20.5. The van der Waals surface area contributed by atoms with Gasteiger partial charge in [0.2, 0.25) is 23.5 Å². The molecule has 0 unspecified atom stereocenters. The van der Waals surface area contributed by atoms with Crippen LogP contribution in [0.1, 0.15) is 24.7 Å². The number of aromatic nitrogens is 2. The van der Waals surface area contributed by atoms with Crippen LogP contribution in [0, 0.1) is 0 Å².